The molecule has 0 saturated heterocycles. The molecule has 0 amide bonds. The summed E-state index contributed by atoms with van der Waals surface area (Å²) in [5.41, 5.74) is 8.86. The topological polar surface area (TPSA) is 17.1 Å². The fourth-order valence-electron chi connectivity index (χ4n) is 6.14. The summed E-state index contributed by atoms with van der Waals surface area (Å²) in [4.78, 5) is 11.7. The predicted octanol–water partition coefficient (Wildman–Crippen LogP) is 24.4. The second-order valence-electron chi connectivity index (χ2n) is 12.1. The van der Waals surface area contributed by atoms with Crippen LogP contribution < -0.4 is 0 Å². The summed E-state index contributed by atoms with van der Waals surface area (Å²) in [5, 5.41) is 0. The summed E-state index contributed by atoms with van der Waals surface area (Å²) >= 11 is 0. The van der Waals surface area contributed by atoms with E-state index in [1.807, 2.05) is 227 Å². The van der Waals surface area contributed by atoms with E-state index in [0.29, 0.717) is 11.8 Å². The highest BCUT2D eigenvalue weighted by atomic mass is 16.1. The molecule has 0 aliphatic carbocycles. The summed E-state index contributed by atoms with van der Waals surface area (Å²) in [7, 11) is 0. The zero-order chi connectivity index (χ0) is 58.1. The van der Waals surface area contributed by atoms with Gasteiger partial charge in [0.25, 0.3) is 0 Å². The normalized spacial score (nSPS) is 8.01. The molecule has 0 atom stereocenters. The van der Waals surface area contributed by atoms with Gasteiger partial charge in [0.15, 0.2) is 0 Å². The lowest BCUT2D eigenvalue weighted by Gasteiger charge is -2.18. The minimum Gasteiger partial charge on any atom is -0.299 e. The van der Waals surface area contributed by atoms with E-state index in [1.165, 1.54) is 27.8 Å². The van der Waals surface area contributed by atoms with Crippen molar-refractivity contribution >= 4 is 5.78 Å². The molecule has 1 nitrogen and oxygen atoms in total. The van der Waals surface area contributed by atoms with Crippen LogP contribution in [-0.4, -0.2) is 5.78 Å². The quantitative estimate of drug-likeness (QED) is 0.139. The lowest BCUT2D eigenvalue weighted by Crippen LogP contribution is -2.10. The molecule has 73 heavy (non-hydrogen) atoms. The van der Waals surface area contributed by atoms with E-state index in [4.69, 9.17) is 0 Å². The van der Waals surface area contributed by atoms with Crippen molar-refractivity contribution in [3.63, 3.8) is 0 Å². The molecule has 410 valence electrons. The number of carbonyl (C=O) groups excluding carboxylic acids is 1. The molecule has 1 heteroatoms. The monoisotopic (exact) mass is 997 g/mol. The molecule has 0 fully saturated rings. The van der Waals surface area contributed by atoms with Crippen molar-refractivity contribution in [2.75, 3.05) is 0 Å². The van der Waals surface area contributed by atoms with Gasteiger partial charge in [-0.3, -0.25) is 4.79 Å². The molecule has 7 aromatic rings. The highest BCUT2D eigenvalue weighted by molar-refractivity contribution is 5.86. The van der Waals surface area contributed by atoms with Crippen molar-refractivity contribution in [2.45, 2.75) is 198 Å². The second kappa shape index (κ2) is 72.7. The lowest BCUT2D eigenvalue weighted by molar-refractivity contribution is -0.117. The number of Topliss-reactive ketones (excluding diaryl/α,β-unsaturated/α-hetero) is 1. The Morgan fingerprint density at radius 1 is 0.233 bits per heavy atom. The molecule has 0 aliphatic rings. The van der Waals surface area contributed by atoms with Crippen LogP contribution in [0.15, 0.2) is 212 Å². The molecule has 0 radical (unpaired) electrons. The zero-order valence-corrected chi connectivity index (χ0v) is 52.3. The van der Waals surface area contributed by atoms with Crippen molar-refractivity contribution in [1.29, 1.82) is 0 Å². The molecule has 0 saturated carbocycles. The minimum absolute atomic E-state index is 0.137. The van der Waals surface area contributed by atoms with Crippen LogP contribution >= 0.6 is 0 Å². The Hall–Kier alpha value is -5.79. The molecule has 7 aromatic carbocycles. The molecule has 0 bridgehead atoms. The maximum Gasteiger partial charge on any atom is 0.141 e. The fourth-order valence-corrected chi connectivity index (χ4v) is 6.14. The molecule has 0 N–H and O–H groups in total. The molecule has 0 aromatic heterocycles. The Morgan fingerprint density at radius 2 is 0.370 bits per heavy atom. The Bertz CT molecular complexity index is 1730. The smallest absolute Gasteiger partial charge is 0.141 e. The first-order chi connectivity index (χ1) is 36.1. The van der Waals surface area contributed by atoms with Crippen molar-refractivity contribution < 1.29 is 4.79 Å². The average Bonchev–Trinajstić information content (AvgIpc) is 3.53. The lowest BCUT2D eigenvalue weighted by atomic mass is 9.85. The highest BCUT2D eigenvalue weighted by Gasteiger charge is 2.18. The summed E-state index contributed by atoms with van der Waals surface area (Å²) in [5.74, 6) is 0.834. The maximum absolute atomic E-state index is 11.7. The van der Waals surface area contributed by atoms with Gasteiger partial charge in [0, 0.05) is 11.8 Å². The van der Waals surface area contributed by atoms with Gasteiger partial charge in [0.1, 0.15) is 5.78 Å². The van der Waals surface area contributed by atoms with Crippen LogP contribution in [0.4, 0.5) is 0 Å². The number of hydrogen-bond donors (Lipinski definition) is 0. The van der Waals surface area contributed by atoms with Crippen LogP contribution in [-0.2, 0) is 4.79 Å². The van der Waals surface area contributed by atoms with E-state index in [9.17, 15) is 4.79 Å². The molecular formula is C72H116O. The van der Waals surface area contributed by atoms with Crippen molar-refractivity contribution in [2.24, 2.45) is 0 Å². The highest BCUT2D eigenvalue weighted by Crippen LogP contribution is 2.31. The van der Waals surface area contributed by atoms with Crippen LogP contribution in [0, 0.1) is 0 Å². The third kappa shape index (κ3) is 40.4. The largest absolute Gasteiger partial charge is 0.299 e. The molecule has 0 aliphatic heterocycles. The van der Waals surface area contributed by atoms with Gasteiger partial charge < -0.3 is 0 Å². The fraction of sp³-hybridized carbons (Fsp3) is 0.403. The summed E-state index contributed by atoms with van der Waals surface area (Å²) in [6.45, 7) is 51.9. The number of carbonyl (C=O) groups is 1. The van der Waals surface area contributed by atoms with Gasteiger partial charge in [-0.15, -0.1) is 0 Å². The molecular weight excluding hydrogens is 881 g/mol. The van der Waals surface area contributed by atoms with Gasteiger partial charge in [-0.25, -0.2) is 0 Å². The Kier molecular flexibility index (Phi) is 83.8. The third-order valence-electron chi connectivity index (χ3n) is 8.67. The number of ketones is 1. The maximum atomic E-state index is 11.7. The first-order valence-corrected chi connectivity index (χ1v) is 29.0. The average molecular weight is 998 g/mol. The van der Waals surface area contributed by atoms with Gasteiger partial charge in [-0.1, -0.05) is 385 Å². The first kappa shape index (κ1) is 84.0. The minimum atomic E-state index is -0.137. The van der Waals surface area contributed by atoms with E-state index in [2.05, 4.69) is 159 Å². The van der Waals surface area contributed by atoms with Crippen molar-refractivity contribution in [3.8, 4) is 0 Å². The van der Waals surface area contributed by atoms with E-state index in [1.54, 1.807) is 6.92 Å². The SMILES string of the molecule is CC.CC.CC.CC.CC.CC.CC.CC.CC.CC.CC.CC.CC(=O)C(c1ccccc1)c1ccccc1.CC(c1ccccc1)c1ccccc1.c1ccc(C(c2ccccc2)c2ccccc2)cc1. The number of hydrogen-bond acceptors (Lipinski definition) is 1. The van der Waals surface area contributed by atoms with Crippen molar-refractivity contribution in [1.82, 2.24) is 0 Å². The van der Waals surface area contributed by atoms with Gasteiger partial charge in [0.05, 0.1) is 5.92 Å². The molecule has 0 unspecified atom stereocenters. The second-order valence-corrected chi connectivity index (χ2v) is 12.1. The van der Waals surface area contributed by atoms with E-state index < -0.39 is 0 Å². The number of benzene rings is 7. The summed E-state index contributed by atoms with van der Waals surface area (Å²) < 4.78 is 0. The molecule has 0 spiro atoms. The Morgan fingerprint density at radius 3 is 0.521 bits per heavy atom. The van der Waals surface area contributed by atoms with E-state index >= 15 is 0 Å². The first-order valence-electron chi connectivity index (χ1n) is 29.0. The van der Waals surface area contributed by atoms with Crippen LogP contribution in [0.5, 0.6) is 0 Å². The van der Waals surface area contributed by atoms with Crippen LogP contribution in [0.1, 0.15) is 237 Å². The van der Waals surface area contributed by atoms with Crippen molar-refractivity contribution in [3.05, 3.63) is 251 Å². The summed E-state index contributed by atoms with van der Waals surface area (Å²) in [6, 6.07) is 73.0. The molecule has 0 heterocycles. The van der Waals surface area contributed by atoms with Crippen LogP contribution in [0.3, 0.4) is 0 Å². The predicted molar refractivity (Wildman–Crippen MR) is 342 cm³/mol. The Balaban J connectivity index is -0.000000120. The zero-order valence-electron chi connectivity index (χ0n) is 52.3. The van der Waals surface area contributed by atoms with E-state index in [0.717, 1.165) is 11.1 Å². The summed E-state index contributed by atoms with van der Waals surface area (Å²) in [6.07, 6.45) is 0. The standard InChI is InChI=1S/C19H16.C15H14O.C14H14.12C2H6/c1-4-10-16(11-5-1)19(17-12-6-2-7-13-17)18-14-8-3-9-15-18;1-12(16)15(13-8-4-2-5-9-13)14-10-6-3-7-11-14;1-12(13-8-4-2-5-9-13)14-10-6-3-7-11-14;12*1-2/h1-15,19H;2-11,15H,1H3;2-12H,1H3;12*1-2H3. The van der Waals surface area contributed by atoms with E-state index in [-0.39, 0.29) is 11.7 Å². The Labute approximate surface area is 457 Å². The van der Waals surface area contributed by atoms with Gasteiger partial charge in [-0.2, -0.15) is 0 Å². The van der Waals surface area contributed by atoms with Gasteiger partial charge in [-0.05, 0) is 45.9 Å². The third-order valence-corrected chi connectivity index (χ3v) is 8.67. The number of rotatable bonds is 8. The van der Waals surface area contributed by atoms with Gasteiger partial charge >= 0.3 is 0 Å². The molecule has 7 rings (SSSR count). The van der Waals surface area contributed by atoms with Crippen LogP contribution in [0.2, 0.25) is 0 Å². The van der Waals surface area contributed by atoms with Crippen LogP contribution in [0.25, 0.3) is 0 Å². The van der Waals surface area contributed by atoms with Gasteiger partial charge in [0.2, 0.25) is 0 Å².